The molecule has 2 aromatic carbocycles. The smallest absolute Gasteiger partial charge is 0.167 e. The summed E-state index contributed by atoms with van der Waals surface area (Å²) in [5.74, 6) is 1.51. The van der Waals surface area contributed by atoms with E-state index < -0.39 is 11.6 Å². The molecule has 0 radical (unpaired) electrons. The van der Waals surface area contributed by atoms with Gasteiger partial charge in [-0.2, -0.15) is 10.2 Å². The van der Waals surface area contributed by atoms with Crippen LogP contribution < -0.4 is 5.73 Å². The Bertz CT molecular complexity index is 3090. The molecule has 0 amide bonds. The van der Waals surface area contributed by atoms with Crippen LogP contribution in [0.2, 0.25) is 0 Å². The highest BCUT2D eigenvalue weighted by atomic mass is 128. The number of nitrogens with two attached hydrogens (primary N) is 1. The van der Waals surface area contributed by atoms with E-state index in [-0.39, 0.29) is 7.43 Å². The third-order valence-corrected chi connectivity index (χ3v) is 13.8. The Balaban J connectivity index is 0.000000198. The van der Waals surface area contributed by atoms with Gasteiger partial charge in [0.05, 0.1) is 29.8 Å². The van der Waals surface area contributed by atoms with Crippen molar-refractivity contribution in [3.63, 3.8) is 0 Å². The number of aromatic nitrogens is 10. The minimum atomic E-state index is -0.431. The zero-order valence-corrected chi connectivity index (χ0v) is 49.1. The van der Waals surface area contributed by atoms with E-state index in [0.29, 0.717) is 47.1 Å². The molecule has 8 aromatic rings. The molecule has 0 atom stereocenters. The zero-order chi connectivity index (χ0) is 53.8. The Labute approximate surface area is 471 Å². The number of hydrogen-bond donors (Lipinski definition) is 1. The largest absolute Gasteiger partial charge is 0.384 e. The van der Waals surface area contributed by atoms with E-state index in [0.717, 1.165) is 115 Å². The van der Waals surface area contributed by atoms with E-state index in [2.05, 4.69) is 151 Å². The summed E-state index contributed by atoms with van der Waals surface area (Å²) in [4.78, 5) is 35.6. The third-order valence-electron chi connectivity index (χ3n) is 13.8. The van der Waals surface area contributed by atoms with Crippen molar-refractivity contribution in [1.29, 1.82) is 0 Å². The lowest BCUT2D eigenvalue weighted by Crippen LogP contribution is -2.45. The number of fused-ring (bicyclic) bond motifs is 2. The van der Waals surface area contributed by atoms with E-state index in [4.69, 9.17) is 5.73 Å². The lowest BCUT2D eigenvalue weighted by Gasteiger charge is -2.33. The molecule has 76 heavy (non-hydrogen) atoms. The van der Waals surface area contributed by atoms with Gasteiger partial charge < -0.3 is 15.5 Å². The third kappa shape index (κ3) is 15.5. The number of halogens is 4. The highest BCUT2D eigenvalue weighted by Crippen LogP contribution is 2.32. The van der Waals surface area contributed by atoms with Crippen LogP contribution in [0.1, 0.15) is 101 Å². The Morgan fingerprint density at radius 2 is 1.01 bits per heavy atom. The first-order chi connectivity index (χ1) is 36.2. The highest BCUT2D eigenvalue weighted by molar-refractivity contribution is 15.0. The van der Waals surface area contributed by atoms with Crippen LogP contribution in [0.4, 0.5) is 14.6 Å². The van der Waals surface area contributed by atoms with Gasteiger partial charge in [0.25, 0.3) is 0 Å². The molecule has 0 saturated carbocycles. The average Bonchev–Trinajstić information content (AvgIpc) is 3.95. The molecule has 2 aliphatic rings. The Kier molecular flexibility index (Phi) is 22.5. The zero-order valence-electron chi connectivity index (χ0n) is 44.8. The molecule has 406 valence electrons. The molecule has 0 bridgehead atoms. The molecule has 10 rings (SSSR count). The van der Waals surface area contributed by atoms with E-state index in [1.807, 2.05) is 84.4 Å². The number of benzene rings is 2. The van der Waals surface area contributed by atoms with Gasteiger partial charge in [-0.05, 0) is 79.4 Å². The normalized spacial score (nSPS) is 14.5. The van der Waals surface area contributed by atoms with Crippen molar-refractivity contribution >= 4 is 64.9 Å². The van der Waals surface area contributed by atoms with E-state index >= 15 is 0 Å². The standard InChI is InChI=1S/C28H34FN7.C16H17FN4.C12H20N4.CH4.I2/c1-5-35-10-12-36(13-11-35)18-20-6-8-22(30-16-20)15-26-31-17-24(29)27(32-26)21-7-9-25-23(14-21)28(19(2)3)34(4)33-25;1-9(2)16-12-7-11(5-6-14(12)20-21(16)4)15-13(17)8-18-10(3)19-15;1-2-15-5-7-16(8-6-15)10-11-3-4-12(13)14-9-11;;1-2/h6-9,14,16-17,19H,5,10-13,15,18H2,1-4H3;5-9H,1-4H3;3-4,9H,2,5-8,10H2,1H3,(H2,13,14);1H4;. The lowest BCUT2D eigenvalue weighted by molar-refractivity contribution is 0.132. The van der Waals surface area contributed by atoms with Gasteiger partial charge in [-0.3, -0.25) is 24.1 Å². The fourth-order valence-electron chi connectivity index (χ4n) is 9.84. The average molecular weight is 1260 g/mol. The van der Waals surface area contributed by atoms with E-state index in [9.17, 15) is 8.78 Å². The molecule has 0 aliphatic carbocycles. The minimum Gasteiger partial charge on any atom is -0.384 e. The summed E-state index contributed by atoms with van der Waals surface area (Å²) in [6.07, 6.45) is 6.75. The molecule has 0 unspecified atom stereocenters. The second-order valence-corrected chi connectivity index (χ2v) is 19.7. The molecule has 2 saturated heterocycles. The molecule has 8 heterocycles. The number of rotatable bonds is 12. The second kappa shape index (κ2) is 28.4. The molecule has 15 nitrogen and oxygen atoms in total. The number of pyridine rings is 2. The molecular formula is C57H75F2I2N15. The first-order valence-electron chi connectivity index (χ1n) is 25.8. The first kappa shape index (κ1) is 60.0. The number of nitrogens with zero attached hydrogens (tertiary/aromatic N) is 14. The number of nitrogen functional groups attached to an aromatic ring is 1. The van der Waals surface area contributed by atoms with E-state index in [1.165, 1.54) is 36.6 Å². The van der Waals surface area contributed by atoms with Gasteiger partial charge in [0.15, 0.2) is 11.6 Å². The number of likely N-dealkylation sites (N-methyl/N-ethyl adjacent to an activating group) is 2. The van der Waals surface area contributed by atoms with Gasteiger partial charge in [0.1, 0.15) is 28.9 Å². The van der Waals surface area contributed by atoms with Crippen LogP contribution in [0.25, 0.3) is 44.3 Å². The fraction of sp³-hybridized carbons (Fsp3) is 0.439. The molecule has 2 N–H and O–H groups in total. The maximum Gasteiger partial charge on any atom is 0.167 e. The number of hydrogen-bond acceptors (Lipinski definition) is 13. The van der Waals surface area contributed by atoms with Gasteiger partial charge in [-0.15, -0.1) is 0 Å². The SMILES string of the molecule is C.CCN1CCN(Cc2ccc(Cc3ncc(F)c(-c4ccc5nn(C)c(C(C)C)c5c4)n3)nc2)CC1.CCN1CCN(Cc2ccc(N)nc2)CC1.Cc1ncc(F)c(-c2ccc3nn(C)c(C(C)C)c3c2)n1.II. The van der Waals surface area contributed by atoms with Crippen molar-refractivity contribution in [3.8, 4) is 22.5 Å². The van der Waals surface area contributed by atoms with E-state index in [1.54, 1.807) is 6.92 Å². The quantitative estimate of drug-likeness (QED) is 0.116. The summed E-state index contributed by atoms with van der Waals surface area (Å²) in [5, 5.41) is 11.2. The molecule has 6 aromatic heterocycles. The van der Waals surface area contributed by atoms with Crippen LogP contribution in [0.5, 0.6) is 0 Å². The first-order valence-corrected chi connectivity index (χ1v) is 32.1. The minimum absolute atomic E-state index is 0. The Morgan fingerprint density at radius 3 is 1.45 bits per heavy atom. The van der Waals surface area contributed by atoms with Crippen molar-refractivity contribution in [2.45, 2.75) is 87.2 Å². The highest BCUT2D eigenvalue weighted by Gasteiger charge is 2.20. The number of anilines is 1. The van der Waals surface area contributed by atoms with Crippen LogP contribution in [0.3, 0.4) is 0 Å². The molecule has 2 fully saturated rings. The van der Waals surface area contributed by atoms with Gasteiger partial charge in [-0.1, -0.05) is 73.2 Å². The van der Waals surface area contributed by atoms with Gasteiger partial charge in [-0.25, -0.2) is 33.7 Å². The van der Waals surface area contributed by atoms with Gasteiger partial charge in [0.2, 0.25) is 0 Å². The second-order valence-electron chi connectivity index (χ2n) is 19.7. The summed E-state index contributed by atoms with van der Waals surface area (Å²) < 4.78 is 32.6. The fourth-order valence-corrected chi connectivity index (χ4v) is 9.84. The molecule has 2 aliphatic heterocycles. The van der Waals surface area contributed by atoms with Crippen molar-refractivity contribution < 1.29 is 8.78 Å². The van der Waals surface area contributed by atoms with Crippen LogP contribution in [-0.2, 0) is 33.6 Å². The van der Waals surface area contributed by atoms with Gasteiger partial charge in [0, 0.05) is 168 Å². The van der Waals surface area contributed by atoms with Crippen molar-refractivity contribution in [2.75, 3.05) is 71.2 Å². The summed E-state index contributed by atoms with van der Waals surface area (Å²) in [6.45, 7) is 28.0. The maximum atomic E-state index is 14.8. The topological polar surface area (TPSA) is 152 Å². The lowest BCUT2D eigenvalue weighted by atomic mass is 10.0. The summed E-state index contributed by atoms with van der Waals surface area (Å²) in [5.41, 5.74) is 15.1. The van der Waals surface area contributed by atoms with Gasteiger partial charge >= 0.3 is 0 Å². The van der Waals surface area contributed by atoms with Crippen molar-refractivity contribution in [3.05, 3.63) is 137 Å². The molecule has 19 heteroatoms. The van der Waals surface area contributed by atoms with Crippen LogP contribution >= 0.6 is 37.2 Å². The van der Waals surface area contributed by atoms with Crippen molar-refractivity contribution in [1.82, 2.24) is 69.1 Å². The van der Waals surface area contributed by atoms with Crippen molar-refractivity contribution in [2.24, 2.45) is 14.1 Å². The molecule has 0 spiro atoms. The van der Waals surface area contributed by atoms with Crippen LogP contribution in [-0.4, -0.2) is 135 Å². The predicted octanol–water partition coefficient (Wildman–Crippen LogP) is 11.2. The molecular weight excluding hydrogens is 1190 g/mol. The maximum absolute atomic E-state index is 14.8. The summed E-state index contributed by atoms with van der Waals surface area (Å²) in [6, 6.07) is 19.6. The predicted molar refractivity (Wildman–Crippen MR) is 322 cm³/mol. The van der Waals surface area contributed by atoms with Crippen LogP contribution in [0.15, 0.2) is 85.5 Å². The summed E-state index contributed by atoms with van der Waals surface area (Å²) >= 11 is 4.24. The van der Waals surface area contributed by atoms with Crippen LogP contribution in [0, 0.1) is 18.6 Å². The Morgan fingerprint density at radius 1 is 0.566 bits per heavy atom. The number of aryl methyl sites for hydroxylation is 3. The number of piperazine rings is 2. The Hall–Kier alpha value is -5.20. The monoisotopic (exact) mass is 1260 g/mol. The summed E-state index contributed by atoms with van der Waals surface area (Å²) in [7, 11) is 3.88.